The maximum absolute atomic E-state index is 14.0. The number of pyridine rings is 1. The van der Waals surface area contributed by atoms with E-state index in [0.717, 1.165) is 0 Å². The predicted octanol–water partition coefficient (Wildman–Crippen LogP) is 3.58. The fourth-order valence-corrected chi connectivity index (χ4v) is 2.51. The van der Waals surface area contributed by atoms with Gasteiger partial charge in [-0.25, -0.2) is 4.98 Å². The SMILES string of the molecule is COc1ccc([C@@H](Nc2c(F)c(F)nc(F)c2F)c2nccn2C)cc1. The van der Waals surface area contributed by atoms with Crippen LogP contribution in [0.2, 0.25) is 0 Å². The molecule has 1 aromatic carbocycles. The van der Waals surface area contributed by atoms with E-state index in [9.17, 15) is 17.6 Å². The van der Waals surface area contributed by atoms with E-state index in [2.05, 4.69) is 15.3 Å². The van der Waals surface area contributed by atoms with E-state index in [0.29, 0.717) is 17.1 Å². The quantitative estimate of drug-likeness (QED) is 0.554. The van der Waals surface area contributed by atoms with Crippen molar-refractivity contribution >= 4 is 5.69 Å². The van der Waals surface area contributed by atoms with Crippen LogP contribution < -0.4 is 10.1 Å². The standard InChI is InChI=1S/C17H14F4N4O/c1-25-8-7-22-17(25)13(9-3-5-10(26-2)6-4-9)23-14-11(18)15(20)24-16(21)12(14)19/h3-8,13H,1-2H3,(H,23,24)/t13-/m1/s1. The van der Waals surface area contributed by atoms with Gasteiger partial charge in [0.2, 0.25) is 11.6 Å². The molecule has 0 unspecified atom stereocenters. The minimum Gasteiger partial charge on any atom is -0.497 e. The number of anilines is 1. The monoisotopic (exact) mass is 366 g/mol. The van der Waals surface area contributed by atoms with Crippen LogP contribution in [0.25, 0.3) is 0 Å². The molecule has 1 N–H and O–H groups in total. The largest absolute Gasteiger partial charge is 0.497 e. The third-order valence-electron chi connectivity index (χ3n) is 3.85. The average molecular weight is 366 g/mol. The van der Waals surface area contributed by atoms with Crippen LogP contribution in [0.3, 0.4) is 0 Å². The molecule has 3 rings (SSSR count). The molecule has 26 heavy (non-hydrogen) atoms. The van der Waals surface area contributed by atoms with Crippen molar-refractivity contribution in [1.29, 1.82) is 0 Å². The zero-order chi connectivity index (χ0) is 18.8. The van der Waals surface area contributed by atoms with Crippen LogP contribution in [0.15, 0.2) is 36.7 Å². The number of rotatable bonds is 5. The summed E-state index contributed by atoms with van der Waals surface area (Å²) in [6.07, 6.45) is 3.13. The molecule has 136 valence electrons. The van der Waals surface area contributed by atoms with E-state index in [1.165, 1.54) is 13.3 Å². The maximum Gasteiger partial charge on any atom is 0.253 e. The van der Waals surface area contributed by atoms with Gasteiger partial charge in [-0.15, -0.1) is 0 Å². The molecule has 0 saturated heterocycles. The molecule has 1 atom stereocenters. The van der Waals surface area contributed by atoms with Crippen LogP contribution in [0.4, 0.5) is 23.2 Å². The summed E-state index contributed by atoms with van der Waals surface area (Å²) in [6.45, 7) is 0. The molecule has 0 fully saturated rings. The minimum atomic E-state index is -1.74. The smallest absolute Gasteiger partial charge is 0.253 e. The molecule has 2 heterocycles. The molecule has 0 amide bonds. The van der Waals surface area contributed by atoms with Crippen molar-refractivity contribution in [2.45, 2.75) is 6.04 Å². The second-order valence-corrected chi connectivity index (χ2v) is 5.44. The summed E-state index contributed by atoms with van der Waals surface area (Å²) >= 11 is 0. The Balaban J connectivity index is 2.09. The fourth-order valence-electron chi connectivity index (χ4n) is 2.51. The number of aromatic nitrogens is 3. The number of aryl methyl sites for hydroxylation is 1. The molecule has 0 aliphatic heterocycles. The Kier molecular flexibility index (Phi) is 4.79. The van der Waals surface area contributed by atoms with Crippen LogP contribution in [0.1, 0.15) is 17.4 Å². The Bertz CT molecular complexity index is 901. The number of imidazole rings is 1. The lowest BCUT2D eigenvalue weighted by Gasteiger charge is -2.21. The van der Waals surface area contributed by atoms with Gasteiger partial charge >= 0.3 is 0 Å². The van der Waals surface area contributed by atoms with Gasteiger partial charge in [-0.1, -0.05) is 12.1 Å². The maximum atomic E-state index is 14.0. The first kappa shape index (κ1) is 17.7. The highest BCUT2D eigenvalue weighted by Crippen LogP contribution is 2.30. The van der Waals surface area contributed by atoms with Crippen molar-refractivity contribution < 1.29 is 22.3 Å². The van der Waals surface area contributed by atoms with E-state index in [4.69, 9.17) is 4.74 Å². The van der Waals surface area contributed by atoms with Crippen molar-refractivity contribution in [3.8, 4) is 5.75 Å². The van der Waals surface area contributed by atoms with Gasteiger partial charge in [-0.2, -0.15) is 22.5 Å². The number of hydrogen-bond donors (Lipinski definition) is 1. The van der Waals surface area contributed by atoms with Gasteiger partial charge < -0.3 is 14.6 Å². The zero-order valence-corrected chi connectivity index (χ0v) is 13.8. The summed E-state index contributed by atoms with van der Waals surface area (Å²) in [5, 5.41) is 2.50. The van der Waals surface area contributed by atoms with E-state index >= 15 is 0 Å². The lowest BCUT2D eigenvalue weighted by molar-refractivity contribution is 0.409. The van der Waals surface area contributed by atoms with Gasteiger partial charge in [0.05, 0.1) is 7.11 Å². The number of nitrogens with one attached hydrogen (secondary N) is 1. The molecule has 0 spiro atoms. The topological polar surface area (TPSA) is 52.0 Å². The molecular formula is C17H14F4N4O. The highest BCUT2D eigenvalue weighted by Gasteiger charge is 2.26. The molecule has 0 radical (unpaired) electrons. The Morgan fingerprint density at radius 1 is 1.04 bits per heavy atom. The van der Waals surface area contributed by atoms with E-state index in [1.807, 2.05) is 0 Å². The Hall–Kier alpha value is -3.10. The fraction of sp³-hybridized carbons (Fsp3) is 0.176. The summed E-state index contributed by atoms with van der Waals surface area (Å²) < 4.78 is 61.6. The molecule has 0 aliphatic rings. The molecule has 2 aromatic heterocycles. The van der Waals surface area contributed by atoms with Gasteiger partial charge in [-0.3, -0.25) is 0 Å². The summed E-state index contributed by atoms with van der Waals surface area (Å²) in [6, 6.07) is 5.70. The molecular weight excluding hydrogens is 352 g/mol. The molecule has 9 heteroatoms. The Morgan fingerprint density at radius 3 is 2.15 bits per heavy atom. The van der Waals surface area contributed by atoms with Gasteiger partial charge in [0.15, 0.2) is 0 Å². The van der Waals surface area contributed by atoms with Crippen LogP contribution >= 0.6 is 0 Å². The van der Waals surface area contributed by atoms with Crippen LogP contribution in [0, 0.1) is 23.5 Å². The summed E-state index contributed by atoms with van der Waals surface area (Å²) in [5.41, 5.74) is -0.407. The van der Waals surface area contributed by atoms with Crippen molar-refractivity contribution in [3.63, 3.8) is 0 Å². The highest BCUT2D eigenvalue weighted by atomic mass is 19.2. The third kappa shape index (κ3) is 3.19. The van der Waals surface area contributed by atoms with E-state index in [1.54, 1.807) is 42.1 Å². The molecule has 5 nitrogen and oxygen atoms in total. The summed E-state index contributed by atoms with van der Waals surface area (Å²) in [7, 11) is 3.18. The molecule has 0 saturated carbocycles. The first-order valence-corrected chi connectivity index (χ1v) is 7.50. The Morgan fingerprint density at radius 2 is 1.65 bits per heavy atom. The average Bonchev–Trinajstić information content (AvgIpc) is 3.06. The minimum absolute atomic E-state index is 0.381. The summed E-state index contributed by atoms with van der Waals surface area (Å²) in [4.78, 5) is 6.71. The van der Waals surface area contributed by atoms with Gasteiger partial charge in [0.25, 0.3) is 11.9 Å². The number of benzene rings is 1. The molecule has 0 aliphatic carbocycles. The number of halogens is 4. The van der Waals surface area contributed by atoms with Crippen molar-refractivity contribution in [2.24, 2.45) is 7.05 Å². The van der Waals surface area contributed by atoms with Crippen LogP contribution in [-0.4, -0.2) is 21.6 Å². The zero-order valence-electron chi connectivity index (χ0n) is 13.8. The van der Waals surface area contributed by atoms with Crippen LogP contribution in [0.5, 0.6) is 5.75 Å². The van der Waals surface area contributed by atoms with Gasteiger partial charge in [0, 0.05) is 19.4 Å². The predicted molar refractivity (Wildman–Crippen MR) is 85.7 cm³/mol. The number of nitrogens with zero attached hydrogens (tertiary/aromatic N) is 3. The molecule has 0 bridgehead atoms. The normalized spacial score (nSPS) is 12.1. The van der Waals surface area contributed by atoms with Gasteiger partial charge in [0.1, 0.15) is 23.3 Å². The molecule has 3 aromatic rings. The lowest BCUT2D eigenvalue weighted by Crippen LogP contribution is -2.19. The Labute approximate surface area is 146 Å². The first-order chi connectivity index (χ1) is 12.4. The number of methoxy groups -OCH3 is 1. The van der Waals surface area contributed by atoms with Crippen molar-refractivity contribution in [2.75, 3.05) is 12.4 Å². The third-order valence-corrected chi connectivity index (χ3v) is 3.85. The van der Waals surface area contributed by atoms with Crippen LogP contribution in [-0.2, 0) is 7.05 Å². The van der Waals surface area contributed by atoms with Crippen molar-refractivity contribution in [3.05, 3.63) is 71.6 Å². The lowest BCUT2D eigenvalue weighted by atomic mass is 10.1. The van der Waals surface area contributed by atoms with Gasteiger partial charge in [-0.05, 0) is 17.7 Å². The van der Waals surface area contributed by atoms with Crippen molar-refractivity contribution in [1.82, 2.24) is 14.5 Å². The first-order valence-electron chi connectivity index (χ1n) is 7.50. The van der Waals surface area contributed by atoms with E-state index < -0.39 is 35.3 Å². The summed E-state index contributed by atoms with van der Waals surface area (Å²) in [5.74, 6) is -5.75. The number of ether oxygens (including phenoxy) is 1. The van der Waals surface area contributed by atoms with E-state index in [-0.39, 0.29) is 0 Å². The second kappa shape index (κ2) is 7.03. The second-order valence-electron chi connectivity index (χ2n) is 5.44. The number of hydrogen-bond acceptors (Lipinski definition) is 4. The highest BCUT2D eigenvalue weighted by molar-refractivity contribution is 5.50.